The molecular weight excluding hydrogens is 234 g/mol. The van der Waals surface area contributed by atoms with Crippen molar-refractivity contribution >= 4 is 0 Å². The molecule has 112 valence electrons. The van der Waals surface area contributed by atoms with Gasteiger partial charge in [-0.2, -0.15) is 0 Å². The van der Waals surface area contributed by atoms with E-state index in [0.29, 0.717) is 11.5 Å². The predicted molar refractivity (Wildman–Crippen MR) is 82.5 cm³/mol. The Bertz CT molecular complexity index is 290. The second kappa shape index (κ2) is 6.11. The van der Waals surface area contributed by atoms with E-state index in [1.807, 2.05) is 0 Å². The van der Waals surface area contributed by atoms with Gasteiger partial charge >= 0.3 is 0 Å². The summed E-state index contributed by atoms with van der Waals surface area (Å²) in [6, 6.07) is 1.46. The number of nitrogens with zero attached hydrogens (tertiary/aromatic N) is 2. The van der Waals surface area contributed by atoms with Gasteiger partial charge in [-0.1, -0.05) is 13.8 Å². The predicted octanol–water partition coefficient (Wildman–Crippen LogP) is 2.04. The van der Waals surface area contributed by atoms with Gasteiger partial charge in [0.05, 0.1) is 0 Å². The summed E-state index contributed by atoms with van der Waals surface area (Å²) >= 11 is 0. The molecular formula is C16H33N3. The third kappa shape index (κ3) is 3.50. The second-order valence-electron chi connectivity index (χ2n) is 7.55. The van der Waals surface area contributed by atoms with Crippen LogP contribution in [0.1, 0.15) is 39.5 Å². The maximum atomic E-state index is 3.57. The molecule has 1 saturated heterocycles. The summed E-state index contributed by atoms with van der Waals surface area (Å²) in [7, 11) is 6.72. The fourth-order valence-corrected chi connectivity index (χ4v) is 4.39. The molecule has 2 fully saturated rings. The number of likely N-dealkylation sites (N-methyl/N-ethyl adjacent to an activating group) is 2. The summed E-state index contributed by atoms with van der Waals surface area (Å²) < 4.78 is 0. The monoisotopic (exact) mass is 267 g/mol. The quantitative estimate of drug-likeness (QED) is 0.822. The van der Waals surface area contributed by atoms with Gasteiger partial charge in [-0.05, 0) is 64.7 Å². The Labute approximate surface area is 119 Å². The van der Waals surface area contributed by atoms with Crippen LogP contribution in [0.2, 0.25) is 0 Å². The van der Waals surface area contributed by atoms with Gasteiger partial charge in [0.1, 0.15) is 0 Å². The van der Waals surface area contributed by atoms with Gasteiger partial charge < -0.3 is 15.1 Å². The maximum absolute atomic E-state index is 3.57. The maximum Gasteiger partial charge on any atom is 0.0220 e. The van der Waals surface area contributed by atoms with E-state index in [4.69, 9.17) is 0 Å². The molecule has 3 nitrogen and oxygen atoms in total. The fourth-order valence-electron chi connectivity index (χ4n) is 4.39. The van der Waals surface area contributed by atoms with E-state index < -0.39 is 0 Å². The highest BCUT2D eigenvalue weighted by Gasteiger charge is 2.41. The standard InChI is InChI=1S/C16H33N3/c1-16(2)9-8-13(15(16)17-3)11-18(4)12-14-7-6-10-19(14)5/h13-15,17H,6-12H2,1-5H3. The molecule has 3 heteroatoms. The molecule has 0 aromatic carbocycles. The van der Waals surface area contributed by atoms with Crippen LogP contribution in [-0.2, 0) is 0 Å². The number of hydrogen-bond acceptors (Lipinski definition) is 3. The number of rotatable bonds is 5. The molecule has 1 aliphatic carbocycles. The summed E-state index contributed by atoms with van der Waals surface area (Å²) in [4.78, 5) is 5.10. The Morgan fingerprint density at radius 2 is 2.00 bits per heavy atom. The van der Waals surface area contributed by atoms with Crippen molar-refractivity contribution in [1.82, 2.24) is 15.1 Å². The van der Waals surface area contributed by atoms with E-state index in [9.17, 15) is 0 Å². The topological polar surface area (TPSA) is 18.5 Å². The lowest BCUT2D eigenvalue weighted by Crippen LogP contribution is -2.45. The van der Waals surface area contributed by atoms with Crippen LogP contribution in [0, 0.1) is 11.3 Å². The molecule has 2 rings (SSSR count). The summed E-state index contributed by atoms with van der Waals surface area (Å²) in [6.07, 6.45) is 5.50. The Morgan fingerprint density at radius 1 is 1.26 bits per heavy atom. The first kappa shape index (κ1) is 15.3. The second-order valence-corrected chi connectivity index (χ2v) is 7.55. The zero-order valence-electron chi connectivity index (χ0n) is 13.6. The van der Waals surface area contributed by atoms with Crippen LogP contribution in [0.15, 0.2) is 0 Å². The Balaban J connectivity index is 1.83. The molecule has 3 atom stereocenters. The van der Waals surface area contributed by atoms with E-state index in [1.165, 1.54) is 45.3 Å². The van der Waals surface area contributed by atoms with Gasteiger partial charge in [-0.25, -0.2) is 0 Å². The fraction of sp³-hybridized carbons (Fsp3) is 1.00. The minimum Gasteiger partial charge on any atom is -0.316 e. The minimum absolute atomic E-state index is 0.463. The SMILES string of the molecule is CNC1C(CN(C)CC2CCCN2C)CCC1(C)C. The molecule has 0 radical (unpaired) electrons. The van der Waals surface area contributed by atoms with E-state index in [2.05, 4.69) is 50.1 Å². The highest BCUT2D eigenvalue weighted by molar-refractivity contribution is 4.96. The lowest BCUT2D eigenvalue weighted by atomic mass is 9.85. The van der Waals surface area contributed by atoms with Gasteiger partial charge in [0.2, 0.25) is 0 Å². The van der Waals surface area contributed by atoms with E-state index in [0.717, 1.165) is 12.0 Å². The molecule has 19 heavy (non-hydrogen) atoms. The zero-order chi connectivity index (χ0) is 14.0. The number of likely N-dealkylation sites (tertiary alicyclic amines) is 1. The molecule has 1 saturated carbocycles. The van der Waals surface area contributed by atoms with Crippen molar-refractivity contribution < 1.29 is 0 Å². The normalized spacial score (nSPS) is 35.4. The molecule has 3 unspecified atom stereocenters. The van der Waals surface area contributed by atoms with Crippen LogP contribution in [-0.4, -0.2) is 62.7 Å². The summed E-state index contributed by atoms with van der Waals surface area (Å²) in [5.41, 5.74) is 0.463. The van der Waals surface area contributed by atoms with Crippen molar-refractivity contribution in [3.05, 3.63) is 0 Å². The van der Waals surface area contributed by atoms with Crippen molar-refractivity contribution in [2.24, 2.45) is 11.3 Å². The smallest absolute Gasteiger partial charge is 0.0220 e. The molecule has 0 amide bonds. The molecule has 1 aliphatic heterocycles. The van der Waals surface area contributed by atoms with Crippen molar-refractivity contribution in [3.63, 3.8) is 0 Å². The van der Waals surface area contributed by atoms with Crippen molar-refractivity contribution in [1.29, 1.82) is 0 Å². The number of nitrogens with one attached hydrogen (secondary N) is 1. The largest absolute Gasteiger partial charge is 0.316 e. The molecule has 0 spiro atoms. The van der Waals surface area contributed by atoms with Crippen LogP contribution in [0.25, 0.3) is 0 Å². The number of hydrogen-bond donors (Lipinski definition) is 1. The van der Waals surface area contributed by atoms with Crippen molar-refractivity contribution in [3.8, 4) is 0 Å². The van der Waals surface area contributed by atoms with Crippen LogP contribution < -0.4 is 5.32 Å². The van der Waals surface area contributed by atoms with Gasteiger partial charge in [0.15, 0.2) is 0 Å². The minimum atomic E-state index is 0.463. The van der Waals surface area contributed by atoms with Gasteiger partial charge in [0, 0.05) is 25.2 Å². The highest BCUT2D eigenvalue weighted by atomic mass is 15.2. The molecule has 0 aromatic heterocycles. The van der Waals surface area contributed by atoms with Crippen molar-refractivity contribution in [2.75, 3.05) is 40.8 Å². The molecule has 0 bridgehead atoms. The Morgan fingerprint density at radius 3 is 2.58 bits per heavy atom. The molecule has 2 aliphatic rings. The molecule has 1 heterocycles. The average molecular weight is 267 g/mol. The van der Waals surface area contributed by atoms with Gasteiger partial charge in [-0.15, -0.1) is 0 Å². The summed E-state index contributed by atoms with van der Waals surface area (Å²) in [6.45, 7) is 8.61. The van der Waals surface area contributed by atoms with E-state index >= 15 is 0 Å². The van der Waals surface area contributed by atoms with Crippen LogP contribution in [0.5, 0.6) is 0 Å². The third-order valence-corrected chi connectivity index (χ3v) is 5.52. The first-order valence-electron chi connectivity index (χ1n) is 8.00. The lowest BCUT2D eigenvalue weighted by Gasteiger charge is -2.33. The van der Waals surface area contributed by atoms with Crippen LogP contribution in [0.3, 0.4) is 0 Å². The van der Waals surface area contributed by atoms with Gasteiger partial charge in [-0.3, -0.25) is 0 Å². The average Bonchev–Trinajstić information content (AvgIpc) is 2.84. The van der Waals surface area contributed by atoms with Gasteiger partial charge in [0.25, 0.3) is 0 Å². The molecule has 0 aromatic rings. The Hall–Kier alpha value is -0.120. The first-order chi connectivity index (χ1) is 8.94. The van der Waals surface area contributed by atoms with Crippen molar-refractivity contribution in [2.45, 2.75) is 51.6 Å². The third-order valence-electron chi connectivity index (χ3n) is 5.52. The van der Waals surface area contributed by atoms with E-state index in [1.54, 1.807) is 0 Å². The van der Waals surface area contributed by atoms with Crippen LogP contribution >= 0.6 is 0 Å². The summed E-state index contributed by atoms with van der Waals surface area (Å²) in [5, 5.41) is 3.57. The lowest BCUT2D eigenvalue weighted by molar-refractivity contribution is 0.176. The zero-order valence-corrected chi connectivity index (χ0v) is 13.6. The Kier molecular flexibility index (Phi) is 4.91. The van der Waals surface area contributed by atoms with E-state index in [-0.39, 0.29) is 0 Å². The summed E-state index contributed by atoms with van der Waals surface area (Å²) in [5.74, 6) is 0.816. The molecule has 1 N–H and O–H groups in total. The first-order valence-corrected chi connectivity index (χ1v) is 8.00. The van der Waals surface area contributed by atoms with Crippen LogP contribution in [0.4, 0.5) is 0 Å². The highest BCUT2D eigenvalue weighted by Crippen LogP contribution is 2.41.